The van der Waals surface area contributed by atoms with Gasteiger partial charge in [-0.2, -0.15) is 0 Å². The molecule has 0 radical (unpaired) electrons. The topological polar surface area (TPSA) is 64.0 Å². The van der Waals surface area contributed by atoms with Crippen molar-refractivity contribution in [3.63, 3.8) is 0 Å². The van der Waals surface area contributed by atoms with Crippen molar-refractivity contribution in [1.29, 1.82) is 0 Å². The van der Waals surface area contributed by atoms with Gasteiger partial charge < -0.3 is 9.88 Å². The molecule has 1 aromatic rings. The van der Waals surface area contributed by atoms with Crippen LogP contribution in [0.25, 0.3) is 0 Å². The molecule has 16 heavy (non-hydrogen) atoms. The van der Waals surface area contributed by atoms with Crippen molar-refractivity contribution in [2.75, 3.05) is 18.6 Å². The molecule has 2 rings (SSSR count). The van der Waals surface area contributed by atoms with Crippen LogP contribution in [0.5, 0.6) is 0 Å². The minimum Gasteiger partial charge on any atom is -0.336 e. The van der Waals surface area contributed by atoms with Gasteiger partial charge in [0.2, 0.25) is 0 Å². The van der Waals surface area contributed by atoms with Gasteiger partial charge in [0.25, 0.3) is 0 Å². The Balaban J connectivity index is 2.22. The molecular weight excluding hydrogens is 226 g/mol. The summed E-state index contributed by atoms with van der Waals surface area (Å²) >= 11 is 0. The van der Waals surface area contributed by atoms with E-state index in [1.165, 1.54) is 0 Å². The zero-order valence-corrected chi connectivity index (χ0v) is 10.4. The van der Waals surface area contributed by atoms with Crippen LogP contribution in [0, 0.1) is 5.92 Å². The second-order valence-electron chi connectivity index (χ2n) is 4.36. The van der Waals surface area contributed by atoms with Gasteiger partial charge in [0, 0.05) is 13.2 Å². The monoisotopic (exact) mass is 243 g/mol. The standard InChI is InChI=1S/C10H17N3O2S/c1-11-10(9-5-12-7-13(9)2)8-3-4-16(14,15)6-8/h5,7-8,10-11H,3-4,6H2,1-2H3. The van der Waals surface area contributed by atoms with Crippen LogP contribution < -0.4 is 5.32 Å². The third-order valence-corrected chi connectivity index (χ3v) is 5.02. The summed E-state index contributed by atoms with van der Waals surface area (Å²) in [7, 11) is 0.966. The first-order chi connectivity index (χ1) is 7.53. The Kier molecular flexibility index (Phi) is 3.03. The first kappa shape index (κ1) is 11.6. The summed E-state index contributed by atoms with van der Waals surface area (Å²) in [4.78, 5) is 4.07. The van der Waals surface area contributed by atoms with Crippen LogP contribution in [0.1, 0.15) is 18.2 Å². The van der Waals surface area contributed by atoms with Crippen molar-refractivity contribution in [3.8, 4) is 0 Å². The van der Waals surface area contributed by atoms with Crippen LogP contribution in [-0.4, -0.2) is 36.5 Å². The fourth-order valence-electron chi connectivity index (χ4n) is 2.38. The molecule has 0 aliphatic carbocycles. The summed E-state index contributed by atoms with van der Waals surface area (Å²) in [6.07, 6.45) is 4.27. The SMILES string of the molecule is CNC(c1cncn1C)C1CCS(=O)(=O)C1. The lowest BCUT2D eigenvalue weighted by atomic mass is 9.97. The van der Waals surface area contributed by atoms with Crippen molar-refractivity contribution in [3.05, 3.63) is 18.2 Å². The highest BCUT2D eigenvalue weighted by atomic mass is 32.2. The van der Waals surface area contributed by atoms with Gasteiger partial charge in [0.1, 0.15) is 0 Å². The molecule has 90 valence electrons. The fraction of sp³-hybridized carbons (Fsp3) is 0.700. The molecule has 2 atom stereocenters. The lowest BCUT2D eigenvalue weighted by Crippen LogP contribution is -2.27. The predicted molar refractivity (Wildman–Crippen MR) is 61.8 cm³/mol. The van der Waals surface area contributed by atoms with Crippen molar-refractivity contribution in [2.45, 2.75) is 12.5 Å². The second kappa shape index (κ2) is 4.18. The lowest BCUT2D eigenvalue weighted by molar-refractivity contribution is 0.402. The number of hydrogen-bond acceptors (Lipinski definition) is 4. The van der Waals surface area contributed by atoms with Crippen molar-refractivity contribution >= 4 is 9.84 Å². The van der Waals surface area contributed by atoms with Crippen LogP contribution in [0.2, 0.25) is 0 Å². The molecule has 1 aliphatic heterocycles. The number of rotatable bonds is 3. The highest BCUT2D eigenvalue weighted by Crippen LogP contribution is 2.30. The Morgan fingerprint density at radius 3 is 2.81 bits per heavy atom. The maximum atomic E-state index is 11.5. The maximum absolute atomic E-state index is 11.5. The molecule has 2 heterocycles. The summed E-state index contributed by atoms with van der Waals surface area (Å²) < 4.78 is 24.9. The Bertz CT molecular complexity index is 466. The van der Waals surface area contributed by atoms with E-state index in [0.29, 0.717) is 5.75 Å². The number of aromatic nitrogens is 2. The smallest absolute Gasteiger partial charge is 0.150 e. The Hall–Kier alpha value is -0.880. The minimum atomic E-state index is -2.82. The van der Waals surface area contributed by atoms with Crippen molar-refractivity contribution in [1.82, 2.24) is 14.9 Å². The van der Waals surface area contributed by atoms with Crippen molar-refractivity contribution < 1.29 is 8.42 Å². The summed E-state index contributed by atoms with van der Waals surface area (Å²) in [5.74, 6) is 0.752. The van der Waals surface area contributed by atoms with Gasteiger partial charge in [-0.1, -0.05) is 0 Å². The Labute approximate surface area is 95.8 Å². The highest BCUT2D eigenvalue weighted by Gasteiger charge is 2.34. The number of imidazole rings is 1. The van der Waals surface area contributed by atoms with E-state index in [4.69, 9.17) is 0 Å². The number of nitrogens with zero attached hydrogens (tertiary/aromatic N) is 2. The van der Waals surface area contributed by atoms with Crippen LogP contribution in [-0.2, 0) is 16.9 Å². The number of hydrogen-bond donors (Lipinski definition) is 1. The molecule has 0 aromatic carbocycles. The molecule has 5 nitrogen and oxygen atoms in total. The molecule has 2 unspecified atom stereocenters. The molecule has 1 aromatic heterocycles. The van der Waals surface area contributed by atoms with E-state index in [1.54, 1.807) is 12.5 Å². The zero-order chi connectivity index (χ0) is 11.8. The zero-order valence-electron chi connectivity index (χ0n) is 9.55. The molecule has 0 saturated carbocycles. The van der Waals surface area contributed by atoms with E-state index < -0.39 is 9.84 Å². The van der Waals surface area contributed by atoms with Gasteiger partial charge in [-0.25, -0.2) is 13.4 Å². The molecule has 1 aliphatic rings. The highest BCUT2D eigenvalue weighted by molar-refractivity contribution is 7.91. The summed E-state index contributed by atoms with van der Waals surface area (Å²) in [6, 6.07) is 0.0739. The number of nitrogens with one attached hydrogen (secondary N) is 1. The molecule has 0 bridgehead atoms. The van der Waals surface area contributed by atoms with E-state index in [0.717, 1.165) is 12.1 Å². The molecule has 0 amide bonds. The first-order valence-corrected chi connectivity index (χ1v) is 7.19. The van der Waals surface area contributed by atoms with E-state index in [1.807, 2.05) is 18.7 Å². The molecule has 1 fully saturated rings. The van der Waals surface area contributed by atoms with Gasteiger partial charge in [0.15, 0.2) is 9.84 Å². The summed E-state index contributed by atoms with van der Waals surface area (Å²) in [5.41, 5.74) is 1.05. The first-order valence-electron chi connectivity index (χ1n) is 5.37. The van der Waals surface area contributed by atoms with E-state index in [9.17, 15) is 8.42 Å². The fourth-order valence-corrected chi connectivity index (χ4v) is 4.22. The molecule has 6 heteroatoms. The largest absolute Gasteiger partial charge is 0.336 e. The Morgan fingerprint density at radius 2 is 2.38 bits per heavy atom. The van der Waals surface area contributed by atoms with Crippen molar-refractivity contribution in [2.24, 2.45) is 13.0 Å². The minimum absolute atomic E-state index is 0.0739. The number of aryl methyl sites for hydroxylation is 1. The summed E-state index contributed by atoms with van der Waals surface area (Å²) in [6.45, 7) is 0. The average molecular weight is 243 g/mol. The molecule has 1 N–H and O–H groups in total. The van der Waals surface area contributed by atoms with Crippen LogP contribution in [0.3, 0.4) is 0 Å². The van der Waals surface area contributed by atoms with Gasteiger partial charge in [-0.3, -0.25) is 0 Å². The Morgan fingerprint density at radius 1 is 1.62 bits per heavy atom. The maximum Gasteiger partial charge on any atom is 0.150 e. The quantitative estimate of drug-likeness (QED) is 0.818. The van der Waals surface area contributed by atoms with Gasteiger partial charge in [0.05, 0.1) is 29.6 Å². The van der Waals surface area contributed by atoms with Gasteiger partial charge >= 0.3 is 0 Å². The molecule has 0 spiro atoms. The van der Waals surface area contributed by atoms with Crippen LogP contribution in [0.15, 0.2) is 12.5 Å². The lowest BCUT2D eigenvalue weighted by Gasteiger charge is -2.22. The normalized spacial score (nSPS) is 25.8. The third kappa shape index (κ3) is 2.12. The van der Waals surface area contributed by atoms with Crippen LogP contribution >= 0.6 is 0 Å². The van der Waals surface area contributed by atoms with Gasteiger partial charge in [-0.15, -0.1) is 0 Å². The molecular formula is C10H17N3O2S. The molecule has 1 saturated heterocycles. The third-order valence-electron chi connectivity index (χ3n) is 3.22. The summed E-state index contributed by atoms with van der Waals surface area (Å²) in [5, 5.41) is 3.20. The van der Waals surface area contributed by atoms with E-state index >= 15 is 0 Å². The van der Waals surface area contributed by atoms with E-state index in [2.05, 4.69) is 10.3 Å². The number of sulfone groups is 1. The average Bonchev–Trinajstić information content (AvgIpc) is 2.76. The van der Waals surface area contributed by atoms with Crippen LogP contribution in [0.4, 0.5) is 0 Å². The predicted octanol–water partition coefficient (Wildman–Crippen LogP) is 0.115. The second-order valence-corrected chi connectivity index (χ2v) is 6.59. The van der Waals surface area contributed by atoms with E-state index in [-0.39, 0.29) is 17.7 Å². The van der Waals surface area contributed by atoms with Gasteiger partial charge in [-0.05, 0) is 19.4 Å².